The molecular formula is C14H15BrN4OS. The van der Waals surface area contributed by atoms with Gasteiger partial charge in [-0.25, -0.2) is 4.68 Å². The molecule has 1 N–H and O–H groups in total. The molecule has 3 aromatic rings. The molecule has 21 heavy (non-hydrogen) atoms. The minimum atomic E-state index is 0.650. The van der Waals surface area contributed by atoms with E-state index in [9.17, 15) is 0 Å². The van der Waals surface area contributed by atoms with Crippen molar-refractivity contribution in [2.45, 2.75) is 13.3 Å². The number of halogens is 1. The van der Waals surface area contributed by atoms with Crippen molar-refractivity contribution in [3.8, 4) is 11.4 Å². The first-order valence-electron chi connectivity index (χ1n) is 6.57. The summed E-state index contributed by atoms with van der Waals surface area (Å²) in [5.41, 5.74) is 3.91. The van der Waals surface area contributed by atoms with Crippen LogP contribution in [0.2, 0.25) is 0 Å². The zero-order chi connectivity index (χ0) is 15.1. The summed E-state index contributed by atoms with van der Waals surface area (Å²) >= 11 is 8.95. The second-order valence-corrected chi connectivity index (χ2v) is 5.95. The number of H-pyrrole nitrogens is 1. The molecule has 0 aliphatic heterocycles. The molecule has 0 saturated heterocycles. The number of methoxy groups -OCH3 is 1. The molecule has 0 bridgehead atoms. The van der Waals surface area contributed by atoms with E-state index in [2.05, 4.69) is 32.9 Å². The van der Waals surface area contributed by atoms with Gasteiger partial charge in [-0.05, 0) is 46.7 Å². The maximum absolute atomic E-state index is 5.48. The fraction of sp³-hybridized carbons (Fsp3) is 0.286. The molecule has 0 atom stereocenters. The predicted octanol–water partition coefficient (Wildman–Crippen LogP) is 3.76. The second-order valence-electron chi connectivity index (χ2n) is 4.71. The van der Waals surface area contributed by atoms with E-state index in [1.807, 2.05) is 34.5 Å². The Hall–Kier alpha value is -1.60. The normalized spacial score (nSPS) is 11.2. The Balaban J connectivity index is 2.32. The highest BCUT2D eigenvalue weighted by Gasteiger charge is 2.16. The van der Waals surface area contributed by atoms with E-state index in [-0.39, 0.29) is 0 Å². The van der Waals surface area contributed by atoms with Gasteiger partial charge in [0.15, 0.2) is 10.4 Å². The van der Waals surface area contributed by atoms with Crippen LogP contribution in [0.5, 0.6) is 5.75 Å². The molecule has 0 fully saturated rings. The average molecular weight is 367 g/mol. The van der Waals surface area contributed by atoms with Gasteiger partial charge in [-0.2, -0.15) is 5.10 Å². The van der Waals surface area contributed by atoms with Gasteiger partial charge in [0.2, 0.25) is 0 Å². The third-order valence-corrected chi connectivity index (χ3v) is 4.40. The highest BCUT2D eigenvalue weighted by molar-refractivity contribution is 9.10. The van der Waals surface area contributed by atoms with Crippen LogP contribution in [0.3, 0.4) is 0 Å². The van der Waals surface area contributed by atoms with Crippen LogP contribution in [0.25, 0.3) is 16.9 Å². The Morgan fingerprint density at radius 1 is 1.43 bits per heavy atom. The van der Waals surface area contributed by atoms with E-state index in [1.165, 1.54) is 0 Å². The minimum absolute atomic E-state index is 0.650. The standard InChI is InChI=1S/C14H15BrN4OS/c1-4-10-12-13(18(2)17-10)19(14(21)16-12)8-5-6-9(15)11(7-8)20-3/h5-7H,4H2,1-3H3,(H,16,21). The van der Waals surface area contributed by atoms with E-state index in [0.717, 1.165) is 39.2 Å². The van der Waals surface area contributed by atoms with Crippen molar-refractivity contribution in [3.05, 3.63) is 33.1 Å². The Morgan fingerprint density at radius 3 is 2.86 bits per heavy atom. The summed E-state index contributed by atoms with van der Waals surface area (Å²) in [7, 11) is 3.58. The van der Waals surface area contributed by atoms with Crippen molar-refractivity contribution >= 4 is 39.3 Å². The molecule has 0 amide bonds. The Bertz CT molecular complexity index is 877. The number of aromatic nitrogens is 4. The van der Waals surface area contributed by atoms with Gasteiger partial charge >= 0.3 is 0 Å². The average Bonchev–Trinajstić information content (AvgIpc) is 2.96. The monoisotopic (exact) mass is 366 g/mol. The Morgan fingerprint density at radius 2 is 2.19 bits per heavy atom. The van der Waals surface area contributed by atoms with E-state index >= 15 is 0 Å². The zero-order valence-electron chi connectivity index (χ0n) is 12.0. The predicted molar refractivity (Wildman–Crippen MR) is 88.9 cm³/mol. The lowest BCUT2D eigenvalue weighted by atomic mass is 10.3. The molecule has 1 aromatic carbocycles. The molecule has 0 spiro atoms. The van der Waals surface area contributed by atoms with Crippen LogP contribution in [-0.4, -0.2) is 26.4 Å². The van der Waals surface area contributed by atoms with Crippen LogP contribution in [0, 0.1) is 4.77 Å². The van der Waals surface area contributed by atoms with Crippen molar-refractivity contribution in [3.63, 3.8) is 0 Å². The van der Waals surface area contributed by atoms with Crippen molar-refractivity contribution in [1.29, 1.82) is 0 Å². The van der Waals surface area contributed by atoms with Gasteiger partial charge in [0, 0.05) is 13.1 Å². The Kier molecular flexibility index (Phi) is 3.62. The summed E-state index contributed by atoms with van der Waals surface area (Å²) in [6, 6.07) is 5.89. The number of aryl methyl sites for hydroxylation is 2. The van der Waals surface area contributed by atoms with Gasteiger partial charge in [0.05, 0.1) is 23.0 Å². The summed E-state index contributed by atoms with van der Waals surface area (Å²) in [4.78, 5) is 3.26. The van der Waals surface area contributed by atoms with E-state index in [0.29, 0.717) is 4.77 Å². The van der Waals surface area contributed by atoms with E-state index < -0.39 is 0 Å². The highest BCUT2D eigenvalue weighted by atomic mass is 79.9. The Labute approximate surface area is 135 Å². The van der Waals surface area contributed by atoms with Crippen LogP contribution >= 0.6 is 28.1 Å². The smallest absolute Gasteiger partial charge is 0.184 e. The van der Waals surface area contributed by atoms with E-state index in [4.69, 9.17) is 17.0 Å². The van der Waals surface area contributed by atoms with Gasteiger partial charge in [-0.15, -0.1) is 0 Å². The summed E-state index contributed by atoms with van der Waals surface area (Å²) in [6.07, 6.45) is 0.857. The van der Waals surface area contributed by atoms with Crippen LogP contribution in [0.15, 0.2) is 22.7 Å². The number of ether oxygens (including phenoxy) is 1. The van der Waals surface area contributed by atoms with Crippen molar-refractivity contribution in [2.75, 3.05) is 7.11 Å². The number of hydrogen-bond donors (Lipinski definition) is 1. The van der Waals surface area contributed by atoms with Crippen molar-refractivity contribution < 1.29 is 4.74 Å². The fourth-order valence-corrected chi connectivity index (χ4v) is 3.19. The number of fused-ring (bicyclic) bond motifs is 1. The maximum atomic E-state index is 5.48. The van der Waals surface area contributed by atoms with Gasteiger partial charge in [0.1, 0.15) is 11.3 Å². The molecule has 0 aliphatic carbocycles. The largest absolute Gasteiger partial charge is 0.495 e. The van der Waals surface area contributed by atoms with Gasteiger partial charge in [-0.1, -0.05) is 6.92 Å². The van der Waals surface area contributed by atoms with Crippen molar-refractivity contribution in [1.82, 2.24) is 19.3 Å². The van der Waals surface area contributed by atoms with Crippen LogP contribution in [-0.2, 0) is 13.5 Å². The molecule has 0 saturated carbocycles. The van der Waals surface area contributed by atoms with E-state index in [1.54, 1.807) is 7.11 Å². The topological polar surface area (TPSA) is 47.8 Å². The summed E-state index contributed by atoms with van der Waals surface area (Å²) in [5.74, 6) is 0.765. The lowest BCUT2D eigenvalue weighted by Gasteiger charge is -2.08. The number of imidazole rings is 1. The number of rotatable bonds is 3. The second kappa shape index (κ2) is 5.31. The van der Waals surface area contributed by atoms with Crippen LogP contribution in [0.1, 0.15) is 12.6 Å². The number of benzene rings is 1. The first kappa shape index (κ1) is 14.3. The third kappa shape index (κ3) is 2.20. The molecule has 0 aliphatic rings. The molecular weight excluding hydrogens is 352 g/mol. The molecule has 110 valence electrons. The first-order chi connectivity index (χ1) is 10.1. The first-order valence-corrected chi connectivity index (χ1v) is 7.77. The molecule has 3 rings (SSSR count). The number of nitrogens with zero attached hydrogens (tertiary/aromatic N) is 3. The maximum Gasteiger partial charge on any atom is 0.184 e. The molecule has 0 radical (unpaired) electrons. The van der Waals surface area contributed by atoms with Gasteiger partial charge < -0.3 is 9.72 Å². The van der Waals surface area contributed by atoms with Crippen LogP contribution in [0.4, 0.5) is 0 Å². The van der Waals surface area contributed by atoms with Gasteiger partial charge in [-0.3, -0.25) is 4.57 Å². The summed E-state index contributed by atoms with van der Waals surface area (Å²) in [6.45, 7) is 2.08. The lowest BCUT2D eigenvalue weighted by Crippen LogP contribution is -2.01. The summed E-state index contributed by atoms with van der Waals surface area (Å²) in [5, 5.41) is 4.53. The summed E-state index contributed by atoms with van der Waals surface area (Å²) < 4.78 is 10.8. The quantitative estimate of drug-likeness (QED) is 0.718. The minimum Gasteiger partial charge on any atom is -0.495 e. The van der Waals surface area contributed by atoms with Gasteiger partial charge in [0.25, 0.3) is 0 Å². The molecule has 2 aromatic heterocycles. The van der Waals surface area contributed by atoms with Crippen LogP contribution < -0.4 is 4.74 Å². The fourth-order valence-electron chi connectivity index (χ4n) is 2.49. The molecule has 2 heterocycles. The number of aromatic amines is 1. The molecule has 5 nitrogen and oxygen atoms in total. The number of nitrogens with one attached hydrogen (secondary N) is 1. The molecule has 7 heteroatoms. The molecule has 0 unspecified atom stereocenters. The lowest BCUT2D eigenvalue weighted by molar-refractivity contribution is 0.412. The zero-order valence-corrected chi connectivity index (χ0v) is 14.4. The number of hydrogen-bond acceptors (Lipinski definition) is 3. The van der Waals surface area contributed by atoms with Crippen molar-refractivity contribution in [2.24, 2.45) is 7.05 Å². The highest BCUT2D eigenvalue weighted by Crippen LogP contribution is 2.29. The SMILES string of the molecule is CCc1nn(C)c2c1[nH]c(=S)n2-c1ccc(Br)c(OC)c1. The third-order valence-electron chi connectivity index (χ3n) is 3.46.